The van der Waals surface area contributed by atoms with Gasteiger partial charge in [0, 0.05) is 34.9 Å². The Morgan fingerprint density at radius 1 is 1.12 bits per heavy atom. The molecule has 2 amide bonds. The average molecular weight is 340 g/mol. The zero-order chi connectivity index (χ0) is 17.1. The quantitative estimate of drug-likeness (QED) is 0.892. The predicted molar refractivity (Wildman–Crippen MR) is 98.8 cm³/mol. The molecule has 2 aromatic rings. The predicted octanol–water partition coefficient (Wildman–Crippen LogP) is 4.18. The van der Waals surface area contributed by atoms with Gasteiger partial charge in [0.1, 0.15) is 0 Å². The summed E-state index contributed by atoms with van der Waals surface area (Å²) in [5.74, 6) is -0.131. The van der Waals surface area contributed by atoms with Gasteiger partial charge in [-0.3, -0.25) is 9.59 Å². The molecule has 0 spiro atoms. The first-order valence-electron chi connectivity index (χ1n) is 8.00. The lowest BCUT2D eigenvalue weighted by Gasteiger charge is -2.22. The summed E-state index contributed by atoms with van der Waals surface area (Å²) >= 11 is 1.82. The molecule has 0 saturated heterocycles. The molecule has 1 atom stereocenters. The van der Waals surface area contributed by atoms with Crippen molar-refractivity contribution < 1.29 is 9.59 Å². The van der Waals surface area contributed by atoms with Crippen molar-refractivity contribution in [1.29, 1.82) is 0 Å². The van der Waals surface area contributed by atoms with Crippen LogP contribution in [0.3, 0.4) is 0 Å². The highest BCUT2D eigenvalue weighted by molar-refractivity contribution is 8.00. The number of para-hydroxylation sites is 1. The van der Waals surface area contributed by atoms with Gasteiger partial charge in [-0.1, -0.05) is 19.1 Å². The number of carbonyl (C=O) groups is 2. The van der Waals surface area contributed by atoms with Crippen LogP contribution < -0.4 is 10.2 Å². The fraction of sp³-hybridized carbons (Fsp3) is 0.263. The molecular formula is C19H20N2O2S. The minimum absolute atomic E-state index is 0.00785. The summed E-state index contributed by atoms with van der Waals surface area (Å²) in [6.07, 6.45) is 0.953. The molecule has 5 heteroatoms. The Morgan fingerprint density at radius 3 is 2.54 bits per heavy atom. The Balaban J connectivity index is 1.88. The Bertz CT molecular complexity index is 758. The van der Waals surface area contributed by atoms with Gasteiger partial charge in [0.15, 0.2) is 0 Å². The molecule has 0 saturated carbocycles. The maximum atomic E-state index is 13.0. The van der Waals surface area contributed by atoms with E-state index < -0.39 is 0 Å². The molecule has 4 nitrogen and oxygen atoms in total. The molecule has 124 valence electrons. The van der Waals surface area contributed by atoms with Crippen molar-refractivity contribution in [3.05, 3.63) is 54.1 Å². The van der Waals surface area contributed by atoms with Gasteiger partial charge in [0.2, 0.25) is 5.91 Å². The average Bonchev–Trinajstić information content (AvgIpc) is 2.72. The number of anilines is 2. The Kier molecular flexibility index (Phi) is 4.90. The highest BCUT2D eigenvalue weighted by Crippen LogP contribution is 2.37. The standard InChI is InChI=1S/C19H20N2O2S/c1-13-11-12-21(17-5-3-4-6-18(17)24-13)19(23)15-7-9-16(10-8-15)20-14(2)22/h3-10,13H,11-12H2,1-2H3,(H,20,22). The topological polar surface area (TPSA) is 49.4 Å². The van der Waals surface area contributed by atoms with Gasteiger partial charge >= 0.3 is 0 Å². The Labute approximate surface area is 146 Å². The summed E-state index contributed by atoms with van der Waals surface area (Å²) in [6.45, 7) is 4.36. The maximum Gasteiger partial charge on any atom is 0.258 e. The van der Waals surface area contributed by atoms with Crippen molar-refractivity contribution >= 4 is 35.0 Å². The summed E-state index contributed by atoms with van der Waals surface area (Å²) in [5, 5.41) is 3.19. The molecule has 0 radical (unpaired) electrons. The van der Waals surface area contributed by atoms with Crippen molar-refractivity contribution in [2.45, 2.75) is 30.4 Å². The van der Waals surface area contributed by atoms with E-state index >= 15 is 0 Å². The van der Waals surface area contributed by atoms with E-state index in [-0.39, 0.29) is 11.8 Å². The fourth-order valence-corrected chi connectivity index (χ4v) is 3.87. The van der Waals surface area contributed by atoms with Gasteiger partial charge in [-0.05, 0) is 42.8 Å². The van der Waals surface area contributed by atoms with Crippen molar-refractivity contribution in [2.75, 3.05) is 16.8 Å². The van der Waals surface area contributed by atoms with Crippen LogP contribution in [-0.2, 0) is 4.79 Å². The largest absolute Gasteiger partial charge is 0.326 e. The van der Waals surface area contributed by atoms with Gasteiger partial charge in [-0.2, -0.15) is 0 Å². The molecular weight excluding hydrogens is 320 g/mol. The van der Waals surface area contributed by atoms with Crippen LogP contribution in [0.2, 0.25) is 0 Å². The highest BCUT2D eigenvalue weighted by Gasteiger charge is 2.24. The van der Waals surface area contributed by atoms with Crippen molar-refractivity contribution in [1.82, 2.24) is 0 Å². The van der Waals surface area contributed by atoms with Gasteiger partial charge in [0.25, 0.3) is 5.91 Å². The Morgan fingerprint density at radius 2 is 1.83 bits per heavy atom. The lowest BCUT2D eigenvalue weighted by atomic mass is 10.1. The fourth-order valence-electron chi connectivity index (χ4n) is 2.75. The molecule has 0 aliphatic carbocycles. The van der Waals surface area contributed by atoms with Crippen LogP contribution in [0.25, 0.3) is 0 Å². The highest BCUT2D eigenvalue weighted by atomic mass is 32.2. The van der Waals surface area contributed by atoms with Crippen LogP contribution in [0, 0.1) is 0 Å². The van der Waals surface area contributed by atoms with Gasteiger partial charge < -0.3 is 10.2 Å². The first-order chi connectivity index (χ1) is 11.5. The van der Waals surface area contributed by atoms with Crippen molar-refractivity contribution in [3.8, 4) is 0 Å². The second kappa shape index (κ2) is 7.09. The zero-order valence-corrected chi connectivity index (χ0v) is 14.6. The van der Waals surface area contributed by atoms with Crippen LogP contribution in [0.15, 0.2) is 53.4 Å². The van der Waals surface area contributed by atoms with E-state index in [1.165, 1.54) is 6.92 Å². The number of nitrogens with one attached hydrogen (secondary N) is 1. The number of fused-ring (bicyclic) bond motifs is 1. The third-order valence-electron chi connectivity index (χ3n) is 3.94. The van der Waals surface area contributed by atoms with E-state index in [1.807, 2.05) is 34.9 Å². The third kappa shape index (κ3) is 3.62. The molecule has 1 unspecified atom stereocenters. The SMILES string of the molecule is CC(=O)Nc1ccc(C(=O)N2CCC(C)Sc3ccccc32)cc1. The van der Waals surface area contributed by atoms with Crippen LogP contribution >= 0.6 is 11.8 Å². The lowest BCUT2D eigenvalue weighted by molar-refractivity contribution is -0.114. The van der Waals surface area contributed by atoms with Gasteiger partial charge in [0.05, 0.1) is 5.69 Å². The van der Waals surface area contributed by atoms with Crippen LogP contribution in [-0.4, -0.2) is 23.6 Å². The van der Waals surface area contributed by atoms with Crippen LogP contribution in [0.5, 0.6) is 0 Å². The lowest BCUT2D eigenvalue weighted by Crippen LogP contribution is -2.32. The molecule has 0 bridgehead atoms. The molecule has 24 heavy (non-hydrogen) atoms. The minimum Gasteiger partial charge on any atom is -0.326 e. The third-order valence-corrected chi connectivity index (χ3v) is 5.18. The summed E-state index contributed by atoms with van der Waals surface area (Å²) in [5.41, 5.74) is 2.29. The first-order valence-corrected chi connectivity index (χ1v) is 8.88. The Hall–Kier alpha value is -2.27. The molecule has 1 heterocycles. The molecule has 2 aromatic carbocycles. The summed E-state index contributed by atoms with van der Waals surface area (Å²) < 4.78 is 0. The summed E-state index contributed by atoms with van der Waals surface area (Å²) in [7, 11) is 0. The molecule has 0 aromatic heterocycles. The number of amides is 2. The number of nitrogens with zero attached hydrogens (tertiary/aromatic N) is 1. The number of rotatable bonds is 2. The van der Waals surface area contributed by atoms with Gasteiger partial charge in [-0.15, -0.1) is 11.8 Å². The monoisotopic (exact) mass is 340 g/mol. The number of carbonyl (C=O) groups excluding carboxylic acids is 2. The van der Waals surface area contributed by atoms with Crippen LogP contribution in [0.1, 0.15) is 30.6 Å². The summed E-state index contributed by atoms with van der Waals surface area (Å²) in [4.78, 5) is 27.1. The molecule has 1 aliphatic heterocycles. The second-order valence-electron chi connectivity index (χ2n) is 5.90. The normalized spacial score (nSPS) is 16.9. The van der Waals surface area contributed by atoms with E-state index in [0.717, 1.165) is 17.0 Å². The van der Waals surface area contributed by atoms with E-state index in [9.17, 15) is 9.59 Å². The van der Waals surface area contributed by atoms with Crippen LogP contribution in [0.4, 0.5) is 11.4 Å². The zero-order valence-electron chi connectivity index (χ0n) is 13.8. The van der Waals surface area contributed by atoms with E-state index in [4.69, 9.17) is 0 Å². The van der Waals surface area contributed by atoms with Crippen molar-refractivity contribution in [2.24, 2.45) is 0 Å². The smallest absolute Gasteiger partial charge is 0.258 e. The molecule has 0 fully saturated rings. The van der Waals surface area contributed by atoms with E-state index in [2.05, 4.69) is 18.3 Å². The van der Waals surface area contributed by atoms with Crippen molar-refractivity contribution in [3.63, 3.8) is 0 Å². The molecule has 1 N–H and O–H groups in total. The molecule has 3 rings (SSSR count). The minimum atomic E-state index is -0.124. The van der Waals surface area contributed by atoms with E-state index in [1.54, 1.807) is 24.3 Å². The maximum absolute atomic E-state index is 13.0. The van der Waals surface area contributed by atoms with E-state index in [0.29, 0.717) is 23.0 Å². The molecule has 1 aliphatic rings. The number of benzene rings is 2. The number of hydrogen-bond acceptors (Lipinski definition) is 3. The number of thioether (sulfide) groups is 1. The number of hydrogen-bond donors (Lipinski definition) is 1. The second-order valence-corrected chi connectivity index (χ2v) is 7.38. The van der Waals surface area contributed by atoms with Gasteiger partial charge in [-0.25, -0.2) is 0 Å². The summed E-state index contributed by atoms with van der Waals surface area (Å²) in [6, 6.07) is 15.1. The first kappa shape index (κ1) is 16.6.